The molecule has 1 fully saturated rings. The maximum atomic E-state index is 12.9. The van der Waals surface area contributed by atoms with Gasteiger partial charge in [0, 0.05) is 11.9 Å². The summed E-state index contributed by atoms with van der Waals surface area (Å²) in [4.78, 5) is 18.3. The summed E-state index contributed by atoms with van der Waals surface area (Å²) in [6, 6.07) is 6.50. The van der Waals surface area contributed by atoms with E-state index in [4.69, 9.17) is 0 Å². The van der Waals surface area contributed by atoms with Gasteiger partial charge < -0.3 is 5.32 Å². The molecule has 1 N–H and O–H groups in total. The molecule has 1 aliphatic heterocycles. The molecule has 0 aliphatic carbocycles. The van der Waals surface area contributed by atoms with Gasteiger partial charge in [0.05, 0.1) is 10.6 Å². The second-order valence-electron chi connectivity index (χ2n) is 6.06. The quantitative estimate of drug-likeness (QED) is 0.649. The monoisotopic (exact) mass is 439 g/mol. The summed E-state index contributed by atoms with van der Waals surface area (Å²) in [6.45, 7) is 0.358. The van der Waals surface area contributed by atoms with Crippen molar-refractivity contribution in [1.29, 1.82) is 0 Å². The van der Waals surface area contributed by atoms with Gasteiger partial charge in [0.2, 0.25) is 5.91 Å². The zero-order valence-corrected chi connectivity index (χ0v) is 17.5. The number of thiophene rings is 2. The van der Waals surface area contributed by atoms with Crippen LogP contribution in [0.25, 0.3) is 10.6 Å². The van der Waals surface area contributed by atoms with Crippen molar-refractivity contribution in [3.05, 3.63) is 40.4 Å². The number of carbonyl (C=O) groups is 1. The number of nitrogens with zero attached hydrogens (tertiary/aromatic N) is 2. The Labute approximate surface area is 169 Å². The van der Waals surface area contributed by atoms with E-state index in [1.54, 1.807) is 28.8 Å². The number of anilines is 1. The summed E-state index contributed by atoms with van der Waals surface area (Å²) >= 11 is 4.10. The molecule has 1 aliphatic rings. The third-order valence-electron chi connectivity index (χ3n) is 4.32. The minimum atomic E-state index is -3.66. The molecular formula is C17H17N3O3S4. The summed E-state index contributed by atoms with van der Waals surface area (Å²) in [7, 11) is -3.66. The summed E-state index contributed by atoms with van der Waals surface area (Å²) in [6.07, 6.45) is 2.10. The highest BCUT2D eigenvalue weighted by Gasteiger charge is 2.38. The molecule has 0 spiro atoms. The van der Waals surface area contributed by atoms with Crippen LogP contribution < -0.4 is 5.32 Å². The molecule has 4 rings (SSSR count). The first-order valence-electron chi connectivity index (χ1n) is 8.41. The summed E-state index contributed by atoms with van der Waals surface area (Å²) in [5.74, 6) is -0.318. The summed E-state index contributed by atoms with van der Waals surface area (Å²) in [5, 5.41) is 8.90. The van der Waals surface area contributed by atoms with Gasteiger partial charge >= 0.3 is 0 Å². The molecular weight excluding hydrogens is 422 g/mol. The number of aromatic nitrogens is 1. The number of amides is 1. The molecule has 0 radical (unpaired) electrons. The van der Waals surface area contributed by atoms with Crippen molar-refractivity contribution >= 4 is 55.1 Å². The van der Waals surface area contributed by atoms with Crippen LogP contribution in [0.4, 0.5) is 5.13 Å². The fraction of sp³-hybridized carbons (Fsp3) is 0.294. The minimum absolute atomic E-state index is 0.274. The first-order chi connectivity index (χ1) is 13.1. The fourth-order valence-corrected chi connectivity index (χ4v) is 7.29. The highest BCUT2D eigenvalue weighted by atomic mass is 32.2. The second-order valence-corrected chi connectivity index (χ2v) is 10.9. The molecule has 142 valence electrons. The van der Waals surface area contributed by atoms with Crippen LogP contribution >= 0.6 is 34.0 Å². The van der Waals surface area contributed by atoms with Crippen LogP contribution in [0.2, 0.25) is 0 Å². The maximum absolute atomic E-state index is 12.9. The standard InChI is InChI=1S/C17H17N3O3S4/c21-16(19-17-18-12(11-26-17)14-6-3-9-24-14)13-5-1-2-8-20(13)27(22,23)15-7-4-10-25-15/h3-4,6-7,9-11,13H,1-2,5,8H2,(H,18,19,21)/t13-/m0/s1. The lowest BCUT2D eigenvalue weighted by Gasteiger charge is -2.32. The van der Waals surface area contributed by atoms with Crippen molar-refractivity contribution in [3.63, 3.8) is 0 Å². The van der Waals surface area contributed by atoms with E-state index in [0.29, 0.717) is 18.1 Å². The topological polar surface area (TPSA) is 79.4 Å². The molecule has 1 amide bonds. The van der Waals surface area contributed by atoms with E-state index < -0.39 is 16.1 Å². The number of sulfonamides is 1. The zero-order valence-electron chi connectivity index (χ0n) is 14.2. The number of nitrogens with one attached hydrogen (secondary N) is 1. The van der Waals surface area contributed by atoms with E-state index >= 15 is 0 Å². The second kappa shape index (κ2) is 7.80. The Morgan fingerprint density at radius 1 is 1.15 bits per heavy atom. The van der Waals surface area contributed by atoms with Crippen LogP contribution in [-0.4, -0.2) is 36.2 Å². The smallest absolute Gasteiger partial charge is 0.253 e. The van der Waals surface area contributed by atoms with Crippen LogP contribution in [0, 0.1) is 0 Å². The van der Waals surface area contributed by atoms with Crippen LogP contribution in [0.15, 0.2) is 44.6 Å². The lowest BCUT2D eigenvalue weighted by Crippen LogP contribution is -2.49. The highest BCUT2D eigenvalue weighted by Crippen LogP contribution is 2.31. The van der Waals surface area contributed by atoms with Gasteiger partial charge in [-0.2, -0.15) is 4.31 Å². The first-order valence-corrected chi connectivity index (χ1v) is 12.5. The lowest BCUT2D eigenvalue weighted by atomic mass is 10.0. The van der Waals surface area contributed by atoms with Gasteiger partial charge in [-0.3, -0.25) is 4.79 Å². The minimum Gasteiger partial charge on any atom is -0.301 e. The first kappa shape index (κ1) is 18.8. The zero-order chi connectivity index (χ0) is 18.9. The van der Waals surface area contributed by atoms with E-state index in [9.17, 15) is 13.2 Å². The molecule has 0 aromatic carbocycles. The van der Waals surface area contributed by atoms with Crippen LogP contribution in [-0.2, 0) is 14.8 Å². The average Bonchev–Trinajstić information content (AvgIpc) is 3.42. The largest absolute Gasteiger partial charge is 0.301 e. The molecule has 10 heteroatoms. The fourth-order valence-electron chi connectivity index (χ4n) is 3.04. The summed E-state index contributed by atoms with van der Waals surface area (Å²) < 4.78 is 27.5. The molecule has 27 heavy (non-hydrogen) atoms. The van der Waals surface area contributed by atoms with Gasteiger partial charge in [-0.05, 0) is 35.7 Å². The summed E-state index contributed by atoms with van der Waals surface area (Å²) in [5.41, 5.74) is 0.817. The van der Waals surface area contributed by atoms with Crippen molar-refractivity contribution in [2.24, 2.45) is 0 Å². The van der Waals surface area contributed by atoms with Crippen molar-refractivity contribution in [1.82, 2.24) is 9.29 Å². The Hall–Kier alpha value is -1.59. The van der Waals surface area contributed by atoms with Crippen molar-refractivity contribution in [2.75, 3.05) is 11.9 Å². The SMILES string of the molecule is O=C(Nc1nc(-c2cccs2)cs1)[C@@H]1CCCCN1S(=O)(=O)c1cccs1. The molecule has 3 aromatic heterocycles. The predicted octanol–water partition coefficient (Wildman–Crippen LogP) is 4.12. The number of thiazole rings is 1. The Kier molecular flexibility index (Phi) is 5.42. The lowest BCUT2D eigenvalue weighted by molar-refractivity contribution is -0.120. The van der Waals surface area contributed by atoms with Gasteiger partial charge in [-0.15, -0.1) is 34.0 Å². The van der Waals surface area contributed by atoms with Crippen molar-refractivity contribution in [2.45, 2.75) is 29.5 Å². The number of hydrogen-bond donors (Lipinski definition) is 1. The van der Waals surface area contributed by atoms with Crippen LogP contribution in [0.3, 0.4) is 0 Å². The number of hydrogen-bond acceptors (Lipinski definition) is 7. The van der Waals surface area contributed by atoms with Gasteiger partial charge in [-0.25, -0.2) is 13.4 Å². The normalized spacial score (nSPS) is 18.4. The van der Waals surface area contributed by atoms with Gasteiger partial charge in [0.15, 0.2) is 5.13 Å². The molecule has 4 heterocycles. The van der Waals surface area contributed by atoms with E-state index in [0.717, 1.165) is 23.4 Å². The molecule has 1 saturated heterocycles. The Morgan fingerprint density at radius 3 is 2.70 bits per heavy atom. The number of carbonyl (C=O) groups excluding carboxylic acids is 1. The Bertz CT molecular complexity index is 1010. The number of piperidine rings is 1. The molecule has 0 bridgehead atoms. The molecule has 0 unspecified atom stereocenters. The molecule has 0 saturated carbocycles. The highest BCUT2D eigenvalue weighted by molar-refractivity contribution is 7.91. The Balaban J connectivity index is 1.53. The van der Waals surface area contributed by atoms with E-state index in [1.165, 1.54) is 27.0 Å². The van der Waals surface area contributed by atoms with Crippen molar-refractivity contribution in [3.8, 4) is 10.6 Å². The van der Waals surface area contributed by atoms with Gasteiger partial charge in [-0.1, -0.05) is 18.6 Å². The average molecular weight is 440 g/mol. The van der Waals surface area contributed by atoms with E-state index in [-0.39, 0.29) is 10.1 Å². The third-order valence-corrected chi connectivity index (χ3v) is 9.25. The van der Waals surface area contributed by atoms with Crippen LogP contribution in [0.1, 0.15) is 19.3 Å². The molecule has 3 aromatic rings. The van der Waals surface area contributed by atoms with E-state index in [1.807, 2.05) is 22.9 Å². The number of rotatable bonds is 5. The van der Waals surface area contributed by atoms with Crippen molar-refractivity contribution < 1.29 is 13.2 Å². The van der Waals surface area contributed by atoms with Crippen LogP contribution in [0.5, 0.6) is 0 Å². The van der Waals surface area contributed by atoms with Gasteiger partial charge in [0.25, 0.3) is 10.0 Å². The Morgan fingerprint density at radius 2 is 1.96 bits per heavy atom. The molecule has 1 atom stereocenters. The maximum Gasteiger partial charge on any atom is 0.253 e. The predicted molar refractivity (Wildman–Crippen MR) is 110 cm³/mol. The third kappa shape index (κ3) is 3.85. The van der Waals surface area contributed by atoms with E-state index in [2.05, 4.69) is 10.3 Å². The molecule has 6 nitrogen and oxygen atoms in total. The van der Waals surface area contributed by atoms with Gasteiger partial charge in [0.1, 0.15) is 10.3 Å².